The predicted octanol–water partition coefficient (Wildman–Crippen LogP) is 1.74. The summed E-state index contributed by atoms with van der Waals surface area (Å²) in [6.07, 6.45) is 0.899. The van der Waals surface area contributed by atoms with E-state index in [0.717, 1.165) is 49.0 Å². The lowest BCUT2D eigenvalue weighted by molar-refractivity contribution is 0.0952. The summed E-state index contributed by atoms with van der Waals surface area (Å²) >= 11 is 3.41. The Bertz CT molecular complexity index is 790. The molecule has 0 unspecified atom stereocenters. The number of halogens is 2. The number of amides is 1. The van der Waals surface area contributed by atoms with Crippen molar-refractivity contribution in [1.29, 1.82) is 0 Å². The second-order valence-corrected chi connectivity index (χ2v) is 6.77. The molecule has 0 aliphatic carbocycles. The van der Waals surface area contributed by atoms with E-state index in [-0.39, 0.29) is 23.9 Å². The van der Waals surface area contributed by atoms with E-state index in [9.17, 15) is 9.59 Å². The van der Waals surface area contributed by atoms with Crippen molar-refractivity contribution in [3.63, 3.8) is 0 Å². The number of nitrogens with zero attached hydrogens (tertiary/aromatic N) is 1. The number of aromatic nitrogens is 1. The van der Waals surface area contributed by atoms with Crippen LogP contribution in [0.1, 0.15) is 16.8 Å². The second-order valence-electron chi connectivity index (χ2n) is 5.91. The van der Waals surface area contributed by atoms with Crippen LogP contribution in [0.5, 0.6) is 0 Å². The van der Waals surface area contributed by atoms with E-state index in [1.165, 1.54) is 6.07 Å². The van der Waals surface area contributed by atoms with Crippen LogP contribution in [0.2, 0.25) is 0 Å². The smallest absolute Gasteiger partial charge is 0.252 e. The lowest BCUT2D eigenvalue weighted by Crippen LogP contribution is -2.44. The first-order chi connectivity index (χ1) is 11.6. The Morgan fingerprint density at radius 2 is 2.04 bits per heavy atom. The highest BCUT2D eigenvalue weighted by atomic mass is 79.9. The largest absolute Gasteiger partial charge is 0.352 e. The minimum absolute atomic E-state index is 0. The van der Waals surface area contributed by atoms with Crippen LogP contribution in [0.15, 0.2) is 33.5 Å². The number of piperazine rings is 1. The summed E-state index contributed by atoms with van der Waals surface area (Å²) in [5, 5.41) is 6.99. The number of carbonyl (C=O) groups excluding carboxylic acids is 1. The van der Waals surface area contributed by atoms with Gasteiger partial charge < -0.3 is 20.5 Å². The molecule has 6 nitrogen and oxygen atoms in total. The van der Waals surface area contributed by atoms with E-state index in [0.29, 0.717) is 17.6 Å². The average Bonchev–Trinajstić information content (AvgIpc) is 2.59. The van der Waals surface area contributed by atoms with Crippen LogP contribution in [0.4, 0.5) is 0 Å². The number of para-hydroxylation sites is 1. The second kappa shape index (κ2) is 9.33. The monoisotopic (exact) mass is 428 g/mol. The Balaban J connectivity index is 0.00000225. The van der Waals surface area contributed by atoms with Crippen molar-refractivity contribution in [3.8, 4) is 0 Å². The third kappa shape index (κ3) is 5.04. The van der Waals surface area contributed by atoms with Gasteiger partial charge in [-0.2, -0.15) is 0 Å². The van der Waals surface area contributed by atoms with Crippen LogP contribution in [0.25, 0.3) is 10.9 Å². The fourth-order valence-corrected chi connectivity index (χ4v) is 3.43. The van der Waals surface area contributed by atoms with Gasteiger partial charge >= 0.3 is 0 Å². The van der Waals surface area contributed by atoms with Crippen LogP contribution >= 0.6 is 28.3 Å². The summed E-state index contributed by atoms with van der Waals surface area (Å²) in [7, 11) is 0. The Hall–Kier alpha value is -1.41. The van der Waals surface area contributed by atoms with Gasteiger partial charge in [-0.3, -0.25) is 9.59 Å². The zero-order valence-corrected chi connectivity index (χ0v) is 16.2. The van der Waals surface area contributed by atoms with E-state index in [4.69, 9.17) is 0 Å². The number of nitrogens with one attached hydrogen (secondary N) is 3. The minimum Gasteiger partial charge on any atom is -0.352 e. The molecule has 1 aliphatic rings. The minimum atomic E-state index is -0.277. The van der Waals surface area contributed by atoms with Crippen LogP contribution < -0.4 is 16.2 Å². The fraction of sp³-hybridized carbons (Fsp3) is 0.412. The SMILES string of the molecule is Cl.O=C(NCCCN1CCNCC1)c1cc(=O)[nH]c2c(Br)cccc12. The van der Waals surface area contributed by atoms with Crippen molar-refractivity contribution in [2.75, 3.05) is 39.3 Å². The molecule has 25 heavy (non-hydrogen) atoms. The van der Waals surface area contributed by atoms with Gasteiger partial charge in [0.1, 0.15) is 0 Å². The van der Waals surface area contributed by atoms with Crippen molar-refractivity contribution in [1.82, 2.24) is 20.5 Å². The summed E-state index contributed by atoms with van der Waals surface area (Å²) in [4.78, 5) is 29.5. The Kier molecular flexibility index (Phi) is 7.43. The van der Waals surface area contributed by atoms with Gasteiger partial charge in [-0.1, -0.05) is 12.1 Å². The number of hydrogen-bond acceptors (Lipinski definition) is 4. The molecule has 0 atom stereocenters. The van der Waals surface area contributed by atoms with Crippen LogP contribution in [0, 0.1) is 0 Å². The molecule has 1 aromatic heterocycles. The lowest BCUT2D eigenvalue weighted by atomic mass is 10.1. The van der Waals surface area contributed by atoms with Gasteiger partial charge in [-0.15, -0.1) is 12.4 Å². The summed E-state index contributed by atoms with van der Waals surface area (Å²) in [6, 6.07) is 6.89. The van der Waals surface area contributed by atoms with Gasteiger partial charge in [0.2, 0.25) is 5.56 Å². The molecule has 1 aliphatic heterocycles. The Morgan fingerprint density at radius 3 is 2.80 bits per heavy atom. The highest BCUT2D eigenvalue weighted by Crippen LogP contribution is 2.23. The molecule has 1 amide bonds. The number of H-pyrrole nitrogens is 1. The molecule has 0 radical (unpaired) electrons. The van der Waals surface area contributed by atoms with Gasteiger partial charge in [0.15, 0.2) is 0 Å². The maximum atomic E-state index is 12.5. The topological polar surface area (TPSA) is 77.2 Å². The van der Waals surface area contributed by atoms with Crippen LogP contribution in [0.3, 0.4) is 0 Å². The van der Waals surface area contributed by atoms with Gasteiger partial charge in [-0.05, 0) is 35.0 Å². The van der Waals surface area contributed by atoms with Gasteiger partial charge in [-0.25, -0.2) is 0 Å². The molecule has 1 saturated heterocycles. The molecule has 3 rings (SSSR count). The zero-order chi connectivity index (χ0) is 16.9. The van der Waals surface area contributed by atoms with Gasteiger partial charge in [0, 0.05) is 48.6 Å². The predicted molar refractivity (Wildman–Crippen MR) is 106 cm³/mol. The van der Waals surface area contributed by atoms with Crippen molar-refractivity contribution < 1.29 is 4.79 Å². The number of hydrogen-bond donors (Lipinski definition) is 3. The number of benzene rings is 1. The maximum absolute atomic E-state index is 12.5. The van der Waals surface area contributed by atoms with E-state index < -0.39 is 0 Å². The fourth-order valence-electron chi connectivity index (χ4n) is 2.97. The van der Waals surface area contributed by atoms with Gasteiger partial charge in [0.05, 0.1) is 11.1 Å². The maximum Gasteiger partial charge on any atom is 0.252 e. The van der Waals surface area contributed by atoms with E-state index in [2.05, 4.69) is 36.4 Å². The van der Waals surface area contributed by atoms with E-state index in [1.807, 2.05) is 18.2 Å². The number of aromatic amines is 1. The van der Waals surface area contributed by atoms with Crippen molar-refractivity contribution >= 4 is 45.1 Å². The van der Waals surface area contributed by atoms with Crippen LogP contribution in [-0.2, 0) is 0 Å². The molecule has 2 aromatic rings. The van der Waals surface area contributed by atoms with Crippen molar-refractivity contribution in [3.05, 3.63) is 44.7 Å². The molecule has 0 saturated carbocycles. The molecule has 0 bridgehead atoms. The average molecular weight is 430 g/mol. The molecular weight excluding hydrogens is 408 g/mol. The summed E-state index contributed by atoms with van der Waals surface area (Å²) in [5.74, 6) is -0.204. The molecule has 136 valence electrons. The van der Waals surface area contributed by atoms with Crippen LogP contribution in [-0.4, -0.2) is 55.1 Å². The van der Waals surface area contributed by atoms with E-state index in [1.54, 1.807) is 0 Å². The summed E-state index contributed by atoms with van der Waals surface area (Å²) < 4.78 is 0.769. The molecule has 1 aromatic carbocycles. The lowest BCUT2D eigenvalue weighted by Gasteiger charge is -2.27. The third-order valence-corrected chi connectivity index (χ3v) is 4.88. The van der Waals surface area contributed by atoms with Crippen molar-refractivity contribution in [2.24, 2.45) is 0 Å². The number of pyridine rings is 1. The first-order valence-corrected chi connectivity index (χ1v) is 8.97. The highest BCUT2D eigenvalue weighted by molar-refractivity contribution is 9.10. The summed E-state index contributed by atoms with van der Waals surface area (Å²) in [5.41, 5.74) is 0.786. The molecular formula is C17H22BrClN4O2. The number of carbonyl (C=O) groups is 1. The number of rotatable bonds is 5. The third-order valence-electron chi connectivity index (χ3n) is 4.22. The first kappa shape index (κ1) is 19.9. The normalized spacial score (nSPS) is 14.9. The zero-order valence-electron chi connectivity index (χ0n) is 13.8. The first-order valence-electron chi connectivity index (χ1n) is 8.18. The van der Waals surface area contributed by atoms with E-state index >= 15 is 0 Å². The number of fused-ring (bicyclic) bond motifs is 1. The Morgan fingerprint density at radius 1 is 1.28 bits per heavy atom. The molecule has 2 heterocycles. The standard InChI is InChI=1S/C17H21BrN4O2.ClH/c18-14-4-1-3-12-13(11-15(23)21-16(12)14)17(24)20-5-2-8-22-9-6-19-7-10-22;/h1,3-4,11,19H,2,5-10H2,(H,20,24)(H,21,23);1H. The molecule has 8 heteroatoms. The molecule has 0 spiro atoms. The molecule has 1 fully saturated rings. The summed E-state index contributed by atoms with van der Waals surface area (Å²) in [6.45, 7) is 5.75. The Labute approximate surface area is 160 Å². The molecule has 3 N–H and O–H groups in total. The van der Waals surface area contributed by atoms with Gasteiger partial charge in [0.25, 0.3) is 5.91 Å². The highest BCUT2D eigenvalue weighted by Gasteiger charge is 2.13. The van der Waals surface area contributed by atoms with Crippen molar-refractivity contribution in [2.45, 2.75) is 6.42 Å². The quantitative estimate of drug-likeness (QED) is 0.633.